The molecule has 0 bridgehead atoms. The van der Waals surface area contributed by atoms with Gasteiger partial charge >= 0.3 is 0 Å². The maximum atomic E-state index is 10.7. The second-order valence-corrected chi connectivity index (χ2v) is 2.35. The molecule has 0 aliphatic carbocycles. The Morgan fingerprint density at radius 2 is 2.11 bits per heavy atom. The molecule has 1 radical (unpaired) electrons. The average Bonchev–Trinajstić information content (AvgIpc) is 1.80. The molecule has 0 spiro atoms. The highest BCUT2D eigenvalue weighted by Crippen LogP contribution is 2.11. The van der Waals surface area contributed by atoms with Crippen LogP contribution in [0.25, 0.3) is 0 Å². The highest BCUT2D eigenvalue weighted by atomic mass is 16.7. The fourth-order valence-corrected chi connectivity index (χ4v) is 0.745. The quantitative estimate of drug-likeness (QED) is 0.482. The third-order valence-corrected chi connectivity index (χ3v) is 1.34. The molecule has 1 aliphatic heterocycles. The van der Waals surface area contributed by atoms with Crippen LogP contribution in [0.15, 0.2) is 0 Å². The van der Waals surface area contributed by atoms with Gasteiger partial charge in [0.15, 0.2) is 0 Å². The van der Waals surface area contributed by atoms with E-state index in [1.165, 1.54) is 0 Å². The maximum Gasteiger partial charge on any atom is 0.217 e. The zero-order valence-corrected chi connectivity index (χ0v) is 5.66. The summed E-state index contributed by atoms with van der Waals surface area (Å²) in [5, 5.41) is 10.7. The van der Waals surface area contributed by atoms with Gasteiger partial charge in [0, 0.05) is 0 Å². The van der Waals surface area contributed by atoms with Gasteiger partial charge in [0.1, 0.15) is 6.10 Å². The molecule has 3 unspecified atom stereocenters. The van der Waals surface area contributed by atoms with E-state index >= 15 is 0 Å². The van der Waals surface area contributed by atoms with Crippen LogP contribution < -0.4 is 0 Å². The molecule has 1 rings (SSSR count). The number of hydrogen-bond donors (Lipinski definition) is 0. The summed E-state index contributed by atoms with van der Waals surface area (Å²) in [6.07, 6.45) is -1.32. The van der Waals surface area contributed by atoms with Crippen molar-refractivity contribution >= 4 is 0 Å². The Labute approximate surface area is 54.6 Å². The normalized spacial score (nSPS) is 45.0. The lowest BCUT2D eigenvalue weighted by Crippen LogP contribution is -2.39. The van der Waals surface area contributed by atoms with Gasteiger partial charge in [0.05, 0.1) is 12.7 Å². The predicted octanol–water partition coefficient (Wildman–Crippen LogP) is 0.567. The predicted molar refractivity (Wildman–Crippen MR) is 30.4 cm³/mol. The zero-order chi connectivity index (χ0) is 6.85. The van der Waals surface area contributed by atoms with Crippen LogP contribution in [0.4, 0.5) is 0 Å². The van der Waals surface area contributed by atoms with E-state index in [-0.39, 0.29) is 12.2 Å². The van der Waals surface area contributed by atoms with E-state index in [0.717, 1.165) is 0 Å². The summed E-state index contributed by atoms with van der Waals surface area (Å²) in [6.45, 7) is 4.10. The van der Waals surface area contributed by atoms with E-state index < -0.39 is 6.29 Å². The molecule has 0 saturated carbocycles. The minimum absolute atomic E-state index is 0.0382. The molecule has 1 fully saturated rings. The van der Waals surface area contributed by atoms with Gasteiger partial charge in [-0.05, 0) is 13.8 Å². The fourth-order valence-electron chi connectivity index (χ4n) is 0.745. The van der Waals surface area contributed by atoms with Crippen LogP contribution >= 0.6 is 0 Å². The standard InChI is InChI=1S/C6H11O3/c1-4-3-8-5(2)6(7)9-4/h4-6H,3H2,1-2H3. The molecular weight excluding hydrogens is 120 g/mol. The van der Waals surface area contributed by atoms with Gasteiger partial charge in [0.2, 0.25) is 6.29 Å². The van der Waals surface area contributed by atoms with Crippen molar-refractivity contribution in [2.45, 2.75) is 32.3 Å². The van der Waals surface area contributed by atoms with Crippen LogP contribution in [-0.2, 0) is 14.6 Å². The van der Waals surface area contributed by atoms with E-state index in [4.69, 9.17) is 9.47 Å². The lowest BCUT2D eigenvalue weighted by atomic mass is 10.3. The van der Waals surface area contributed by atoms with E-state index in [1.54, 1.807) is 6.92 Å². The molecule has 0 aromatic rings. The van der Waals surface area contributed by atoms with Crippen molar-refractivity contribution in [2.24, 2.45) is 0 Å². The SMILES string of the molecule is CC1COC(C)C([O])O1. The molecule has 3 atom stereocenters. The van der Waals surface area contributed by atoms with Crippen LogP contribution in [0.2, 0.25) is 0 Å². The van der Waals surface area contributed by atoms with Crippen molar-refractivity contribution in [1.82, 2.24) is 0 Å². The summed E-state index contributed by atoms with van der Waals surface area (Å²) < 4.78 is 9.98. The van der Waals surface area contributed by atoms with E-state index in [1.807, 2.05) is 6.92 Å². The summed E-state index contributed by atoms with van der Waals surface area (Å²) >= 11 is 0. The van der Waals surface area contributed by atoms with Crippen molar-refractivity contribution in [2.75, 3.05) is 6.61 Å². The summed E-state index contributed by atoms with van der Waals surface area (Å²) in [4.78, 5) is 0. The van der Waals surface area contributed by atoms with Gasteiger partial charge in [-0.2, -0.15) is 5.11 Å². The van der Waals surface area contributed by atoms with Gasteiger partial charge in [-0.25, -0.2) is 0 Å². The Hall–Kier alpha value is -0.120. The highest BCUT2D eigenvalue weighted by molar-refractivity contribution is 4.62. The first kappa shape index (κ1) is 6.99. The topological polar surface area (TPSA) is 38.4 Å². The number of hydrogen-bond acceptors (Lipinski definition) is 2. The molecule has 3 nitrogen and oxygen atoms in total. The molecule has 1 saturated heterocycles. The van der Waals surface area contributed by atoms with Gasteiger partial charge in [0.25, 0.3) is 0 Å². The number of rotatable bonds is 0. The van der Waals surface area contributed by atoms with E-state index in [0.29, 0.717) is 6.61 Å². The van der Waals surface area contributed by atoms with Gasteiger partial charge in [-0.1, -0.05) is 0 Å². The van der Waals surface area contributed by atoms with Crippen molar-refractivity contribution < 1.29 is 14.6 Å². The lowest BCUT2D eigenvalue weighted by Gasteiger charge is -2.28. The molecule has 1 aliphatic rings. The smallest absolute Gasteiger partial charge is 0.217 e. The molecule has 0 amide bonds. The highest BCUT2D eigenvalue weighted by Gasteiger charge is 2.25. The number of ether oxygens (including phenoxy) is 2. The lowest BCUT2D eigenvalue weighted by molar-refractivity contribution is -0.269. The third-order valence-electron chi connectivity index (χ3n) is 1.34. The van der Waals surface area contributed by atoms with E-state index in [9.17, 15) is 5.11 Å². The second kappa shape index (κ2) is 2.64. The molecule has 0 aromatic carbocycles. The Balaban J connectivity index is 2.35. The summed E-state index contributed by atoms with van der Waals surface area (Å²) in [5.41, 5.74) is 0. The summed E-state index contributed by atoms with van der Waals surface area (Å²) in [5.74, 6) is 0. The fraction of sp³-hybridized carbons (Fsp3) is 1.00. The molecule has 53 valence electrons. The average molecular weight is 131 g/mol. The Kier molecular flexibility index (Phi) is 2.05. The molecular formula is C6H11O3. The minimum Gasteiger partial charge on any atom is -0.370 e. The first-order chi connectivity index (χ1) is 4.20. The molecule has 9 heavy (non-hydrogen) atoms. The summed E-state index contributed by atoms with van der Waals surface area (Å²) in [7, 11) is 0. The first-order valence-corrected chi connectivity index (χ1v) is 3.13. The molecule has 0 aromatic heterocycles. The minimum atomic E-state index is -0.992. The second-order valence-electron chi connectivity index (χ2n) is 2.35. The van der Waals surface area contributed by atoms with Gasteiger partial charge in [-0.3, -0.25) is 0 Å². The van der Waals surface area contributed by atoms with Crippen LogP contribution in [0, 0.1) is 0 Å². The monoisotopic (exact) mass is 131 g/mol. The molecule has 0 N–H and O–H groups in total. The van der Waals surface area contributed by atoms with Crippen LogP contribution in [-0.4, -0.2) is 25.1 Å². The Morgan fingerprint density at radius 3 is 2.56 bits per heavy atom. The Morgan fingerprint density at radius 1 is 1.44 bits per heavy atom. The maximum absolute atomic E-state index is 10.7. The summed E-state index contributed by atoms with van der Waals surface area (Å²) in [6, 6.07) is 0. The van der Waals surface area contributed by atoms with Gasteiger partial charge in [-0.15, -0.1) is 0 Å². The van der Waals surface area contributed by atoms with Crippen molar-refractivity contribution in [3.8, 4) is 0 Å². The zero-order valence-electron chi connectivity index (χ0n) is 5.66. The molecule has 3 heteroatoms. The van der Waals surface area contributed by atoms with Crippen LogP contribution in [0.3, 0.4) is 0 Å². The molecule has 1 heterocycles. The third kappa shape index (κ3) is 1.64. The van der Waals surface area contributed by atoms with Crippen molar-refractivity contribution in [1.29, 1.82) is 0 Å². The van der Waals surface area contributed by atoms with Crippen molar-refractivity contribution in [3.63, 3.8) is 0 Å². The van der Waals surface area contributed by atoms with Gasteiger partial charge < -0.3 is 9.47 Å². The van der Waals surface area contributed by atoms with Crippen molar-refractivity contribution in [3.05, 3.63) is 0 Å². The first-order valence-electron chi connectivity index (χ1n) is 3.13. The van der Waals surface area contributed by atoms with Crippen LogP contribution in [0.1, 0.15) is 13.8 Å². The van der Waals surface area contributed by atoms with E-state index in [2.05, 4.69) is 0 Å². The largest absolute Gasteiger partial charge is 0.370 e. The Bertz CT molecular complexity index is 94.3. The van der Waals surface area contributed by atoms with Crippen LogP contribution in [0.5, 0.6) is 0 Å².